The number of pyridine rings is 2. The van der Waals surface area contributed by atoms with E-state index in [2.05, 4.69) is 29.2 Å². The molecule has 2 atom stereocenters. The van der Waals surface area contributed by atoms with Crippen LogP contribution in [-0.2, 0) is 5.60 Å². The predicted octanol–water partition coefficient (Wildman–Crippen LogP) is 5.98. The van der Waals surface area contributed by atoms with Crippen molar-refractivity contribution in [1.29, 1.82) is 5.26 Å². The quantitative estimate of drug-likeness (QED) is 0.348. The van der Waals surface area contributed by atoms with E-state index in [9.17, 15) is 15.5 Å². The Morgan fingerprint density at radius 3 is 2.45 bits per heavy atom. The van der Waals surface area contributed by atoms with E-state index < -0.39 is 5.60 Å². The summed E-state index contributed by atoms with van der Waals surface area (Å²) in [4.78, 5) is 12.1. The van der Waals surface area contributed by atoms with Crippen molar-refractivity contribution in [2.24, 2.45) is 0 Å². The molecular formula is C32H32N4O2. The Morgan fingerprint density at radius 2 is 1.74 bits per heavy atom. The summed E-state index contributed by atoms with van der Waals surface area (Å²) in [6.07, 6.45) is 6.91. The Kier molecular flexibility index (Phi) is 6.14. The highest BCUT2D eigenvalue weighted by Gasteiger charge is 2.36. The molecule has 4 aromatic rings. The highest BCUT2D eigenvalue weighted by atomic mass is 16.3. The second kappa shape index (κ2) is 9.50. The molecule has 6 nitrogen and oxygen atoms in total. The van der Waals surface area contributed by atoms with Crippen LogP contribution in [0, 0.1) is 11.3 Å². The standard InChI is InChI=1S/C32H32N4O2/c1-32(2,38)22-12-13-27(34-18-22)28-16-23(37)14-15-36(28)29-19-35-31-25(24-7-4-3-6-21(24)17-33)8-5-9-26(31)30(29)20-10-11-20/h3-9,12-13,18-20,23,28,37-38H,10-11,14-16H2,1-2H3. The maximum absolute atomic E-state index is 10.6. The van der Waals surface area contributed by atoms with Gasteiger partial charge in [-0.3, -0.25) is 9.97 Å². The number of nitrogens with zero attached hydrogens (tertiary/aromatic N) is 4. The molecule has 6 heteroatoms. The smallest absolute Gasteiger partial charge is 0.0998 e. The number of aromatic nitrogens is 2. The first kappa shape index (κ1) is 24.5. The third kappa shape index (κ3) is 4.42. The highest BCUT2D eigenvalue weighted by molar-refractivity contribution is 5.99. The van der Waals surface area contributed by atoms with Crippen LogP contribution in [-0.4, -0.2) is 32.8 Å². The molecule has 2 aromatic heterocycles. The van der Waals surface area contributed by atoms with Gasteiger partial charge in [0.05, 0.1) is 52.5 Å². The van der Waals surface area contributed by atoms with E-state index in [-0.39, 0.29) is 12.1 Å². The topological polar surface area (TPSA) is 93.3 Å². The predicted molar refractivity (Wildman–Crippen MR) is 149 cm³/mol. The molecule has 2 N–H and O–H groups in total. The van der Waals surface area contributed by atoms with E-state index in [0.717, 1.165) is 51.8 Å². The van der Waals surface area contributed by atoms with Crippen LogP contribution >= 0.6 is 0 Å². The van der Waals surface area contributed by atoms with Gasteiger partial charge in [0.15, 0.2) is 0 Å². The number of hydrogen-bond acceptors (Lipinski definition) is 6. The van der Waals surface area contributed by atoms with Gasteiger partial charge in [0.1, 0.15) is 0 Å². The van der Waals surface area contributed by atoms with Crippen molar-refractivity contribution in [2.45, 2.75) is 63.2 Å². The summed E-state index contributed by atoms with van der Waals surface area (Å²) in [7, 11) is 0. The summed E-state index contributed by atoms with van der Waals surface area (Å²) < 4.78 is 0. The number of fused-ring (bicyclic) bond motifs is 1. The number of nitriles is 1. The number of hydrogen-bond donors (Lipinski definition) is 2. The van der Waals surface area contributed by atoms with E-state index in [1.807, 2.05) is 42.6 Å². The number of aliphatic hydroxyl groups excluding tert-OH is 1. The van der Waals surface area contributed by atoms with Gasteiger partial charge >= 0.3 is 0 Å². The third-order valence-corrected chi connectivity index (χ3v) is 7.96. The molecule has 1 saturated heterocycles. The summed E-state index contributed by atoms with van der Waals surface area (Å²) in [6.45, 7) is 4.23. The SMILES string of the molecule is CC(C)(O)c1ccc(C2CC(O)CCN2c2cnc3c(-c4ccccc4C#N)cccc3c2C2CC2)nc1. The van der Waals surface area contributed by atoms with Crippen LogP contribution in [0.1, 0.15) is 73.9 Å². The lowest BCUT2D eigenvalue weighted by atomic mass is 9.91. The summed E-state index contributed by atoms with van der Waals surface area (Å²) in [5.74, 6) is 0.468. The fraction of sp³-hybridized carbons (Fsp3) is 0.344. The van der Waals surface area contributed by atoms with E-state index >= 15 is 0 Å². The van der Waals surface area contributed by atoms with Crippen LogP contribution in [0.3, 0.4) is 0 Å². The van der Waals surface area contributed by atoms with E-state index in [1.165, 1.54) is 5.56 Å². The molecule has 38 heavy (non-hydrogen) atoms. The van der Waals surface area contributed by atoms with Gasteiger partial charge in [0.2, 0.25) is 0 Å². The van der Waals surface area contributed by atoms with Crippen molar-refractivity contribution in [3.8, 4) is 17.2 Å². The highest BCUT2D eigenvalue weighted by Crippen LogP contribution is 2.50. The van der Waals surface area contributed by atoms with E-state index in [1.54, 1.807) is 20.0 Å². The molecule has 1 aliphatic heterocycles. The normalized spacial score (nSPS) is 19.9. The molecule has 1 saturated carbocycles. The zero-order valence-corrected chi connectivity index (χ0v) is 21.8. The first-order valence-electron chi connectivity index (χ1n) is 13.4. The van der Waals surface area contributed by atoms with Crippen LogP contribution in [0.2, 0.25) is 0 Å². The molecule has 0 bridgehead atoms. The lowest BCUT2D eigenvalue weighted by molar-refractivity contribution is 0.0781. The average Bonchev–Trinajstić information content (AvgIpc) is 3.77. The Morgan fingerprint density at radius 1 is 0.947 bits per heavy atom. The van der Waals surface area contributed by atoms with E-state index in [0.29, 0.717) is 30.9 Å². The molecule has 2 fully saturated rings. The van der Waals surface area contributed by atoms with Crippen LogP contribution in [0.25, 0.3) is 22.0 Å². The van der Waals surface area contributed by atoms with E-state index in [4.69, 9.17) is 9.97 Å². The second-order valence-electron chi connectivity index (χ2n) is 11.1. The van der Waals surface area contributed by atoms with Crippen molar-refractivity contribution < 1.29 is 10.2 Å². The molecule has 0 amide bonds. The third-order valence-electron chi connectivity index (χ3n) is 7.96. The van der Waals surface area contributed by atoms with Crippen molar-refractivity contribution in [2.75, 3.05) is 11.4 Å². The van der Waals surface area contributed by atoms with Crippen molar-refractivity contribution >= 4 is 16.6 Å². The number of para-hydroxylation sites is 1. The zero-order chi connectivity index (χ0) is 26.4. The maximum atomic E-state index is 10.6. The average molecular weight is 505 g/mol. The van der Waals surface area contributed by atoms with Crippen LogP contribution < -0.4 is 4.90 Å². The summed E-state index contributed by atoms with van der Waals surface area (Å²) in [5, 5.41) is 31.9. The monoisotopic (exact) mass is 504 g/mol. The number of rotatable bonds is 5. The Balaban J connectivity index is 1.48. The minimum Gasteiger partial charge on any atom is -0.393 e. The summed E-state index contributed by atoms with van der Waals surface area (Å²) >= 11 is 0. The van der Waals surface area contributed by atoms with Gasteiger partial charge in [-0.1, -0.05) is 42.5 Å². The van der Waals surface area contributed by atoms with Gasteiger partial charge in [-0.05, 0) is 63.1 Å². The molecule has 1 aliphatic carbocycles. The van der Waals surface area contributed by atoms with Crippen LogP contribution in [0.4, 0.5) is 5.69 Å². The maximum Gasteiger partial charge on any atom is 0.0998 e. The molecule has 3 heterocycles. The summed E-state index contributed by atoms with van der Waals surface area (Å²) in [6, 6.07) is 20.1. The van der Waals surface area contributed by atoms with Gasteiger partial charge in [0.25, 0.3) is 0 Å². The number of benzene rings is 2. The van der Waals surface area contributed by atoms with Crippen LogP contribution in [0.5, 0.6) is 0 Å². The molecular weight excluding hydrogens is 472 g/mol. The Labute approximate surface area is 223 Å². The largest absolute Gasteiger partial charge is 0.393 e. The fourth-order valence-corrected chi connectivity index (χ4v) is 5.78. The number of anilines is 1. The van der Waals surface area contributed by atoms with Gasteiger partial charge in [-0.2, -0.15) is 5.26 Å². The van der Waals surface area contributed by atoms with Gasteiger partial charge in [-0.25, -0.2) is 0 Å². The molecule has 2 aliphatic rings. The molecule has 0 radical (unpaired) electrons. The lowest BCUT2D eigenvalue weighted by Gasteiger charge is -2.40. The first-order valence-corrected chi connectivity index (χ1v) is 13.4. The van der Waals surface area contributed by atoms with Crippen molar-refractivity contribution in [3.05, 3.63) is 89.4 Å². The van der Waals surface area contributed by atoms with Gasteiger partial charge in [0, 0.05) is 34.8 Å². The molecule has 2 aromatic carbocycles. The Hall–Kier alpha value is -3.79. The molecule has 192 valence electrons. The first-order chi connectivity index (χ1) is 18.3. The number of piperidine rings is 1. The molecule has 0 spiro atoms. The van der Waals surface area contributed by atoms with Gasteiger partial charge in [-0.15, -0.1) is 0 Å². The van der Waals surface area contributed by atoms with Crippen molar-refractivity contribution in [1.82, 2.24) is 9.97 Å². The van der Waals surface area contributed by atoms with Gasteiger partial charge < -0.3 is 15.1 Å². The minimum absolute atomic E-state index is 0.0890. The Bertz CT molecular complexity index is 1530. The second-order valence-corrected chi connectivity index (χ2v) is 11.1. The zero-order valence-electron chi connectivity index (χ0n) is 21.8. The lowest BCUT2D eigenvalue weighted by Crippen LogP contribution is -2.40. The van der Waals surface area contributed by atoms with Crippen LogP contribution in [0.15, 0.2) is 67.0 Å². The number of aliphatic hydroxyl groups is 2. The minimum atomic E-state index is -0.958. The fourth-order valence-electron chi connectivity index (χ4n) is 5.78. The summed E-state index contributed by atoms with van der Waals surface area (Å²) in [5.41, 5.74) is 6.54. The van der Waals surface area contributed by atoms with Crippen molar-refractivity contribution in [3.63, 3.8) is 0 Å². The molecule has 2 unspecified atom stereocenters. The molecule has 6 rings (SSSR count).